The van der Waals surface area contributed by atoms with E-state index in [1.54, 1.807) is 12.1 Å². The predicted molar refractivity (Wildman–Crippen MR) is 73.7 cm³/mol. The minimum absolute atomic E-state index is 0.0649. The van der Waals surface area contributed by atoms with Gasteiger partial charge in [-0.3, -0.25) is 9.59 Å². The van der Waals surface area contributed by atoms with Crippen molar-refractivity contribution in [3.63, 3.8) is 0 Å². The van der Waals surface area contributed by atoms with Crippen molar-refractivity contribution >= 4 is 17.6 Å². The smallest absolute Gasteiger partial charge is 0.303 e. The Bertz CT molecular complexity index is 591. The molecule has 0 aliphatic carbocycles. The van der Waals surface area contributed by atoms with Gasteiger partial charge in [-0.1, -0.05) is 19.1 Å². The normalized spacial score (nSPS) is 11.8. The summed E-state index contributed by atoms with van der Waals surface area (Å²) in [6.45, 7) is 1.85. The fourth-order valence-electron chi connectivity index (χ4n) is 1.85. The maximum Gasteiger partial charge on any atom is 0.303 e. The van der Waals surface area contributed by atoms with Crippen LogP contribution >= 0.6 is 0 Å². The van der Waals surface area contributed by atoms with Gasteiger partial charge in [-0.05, 0) is 23.6 Å². The highest BCUT2D eigenvalue weighted by Crippen LogP contribution is 2.21. The van der Waals surface area contributed by atoms with Gasteiger partial charge in [-0.15, -0.1) is 0 Å². The molecule has 0 saturated carbocycles. The lowest BCUT2D eigenvalue weighted by Crippen LogP contribution is -2.12. The number of aliphatic carboxylic acids is 1. The van der Waals surface area contributed by atoms with Crippen LogP contribution in [0.15, 0.2) is 36.8 Å². The zero-order chi connectivity index (χ0) is 14.5. The zero-order valence-corrected chi connectivity index (χ0v) is 11.0. The molecule has 1 amide bonds. The molecule has 0 spiro atoms. The number of hydrogen-bond donors (Lipinski definition) is 3. The van der Waals surface area contributed by atoms with E-state index in [0.717, 1.165) is 5.56 Å². The van der Waals surface area contributed by atoms with E-state index in [1.807, 2.05) is 19.1 Å². The number of carbonyl (C=O) groups is 2. The largest absolute Gasteiger partial charge is 0.481 e. The molecule has 104 valence electrons. The van der Waals surface area contributed by atoms with E-state index in [9.17, 15) is 9.59 Å². The van der Waals surface area contributed by atoms with Gasteiger partial charge in [-0.2, -0.15) is 0 Å². The van der Waals surface area contributed by atoms with Crippen LogP contribution < -0.4 is 5.32 Å². The Labute approximate surface area is 115 Å². The number of nitrogens with one attached hydrogen (secondary N) is 2. The highest BCUT2D eigenvalue weighted by molar-refractivity contribution is 6.02. The van der Waals surface area contributed by atoms with Gasteiger partial charge in [0.15, 0.2) is 0 Å². The fraction of sp³-hybridized carbons (Fsp3) is 0.214. The second-order valence-corrected chi connectivity index (χ2v) is 4.54. The predicted octanol–water partition coefficient (Wildman–Crippen LogP) is 2.24. The summed E-state index contributed by atoms with van der Waals surface area (Å²) in [4.78, 5) is 28.9. The first-order valence-electron chi connectivity index (χ1n) is 6.17. The molecule has 2 aromatic rings. The maximum atomic E-state index is 11.8. The van der Waals surface area contributed by atoms with Gasteiger partial charge >= 0.3 is 5.97 Å². The highest BCUT2D eigenvalue weighted by atomic mass is 16.4. The third-order valence-electron chi connectivity index (χ3n) is 2.96. The Morgan fingerprint density at radius 3 is 2.60 bits per heavy atom. The SMILES string of the molecule is CC(CC(=O)O)c1ccc(NC(=O)c2cnc[nH]2)cc1. The van der Waals surface area contributed by atoms with Crippen molar-refractivity contribution < 1.29 is 14.7 Å². The number of anilines is 1. The Kier molecular flexibility index (Phi) is 4.14. The topological polar surface area (TPSA) is 95.1 Å². The Morgan fingerprint density at radius 1 is 1.35 bits per heavy atom. The third kappa shape index (κ3) is 3.44. The van der Waals surface area contributed by atoms with Gasteiger partial charge in [0.1, 0.15) is 5.69 Å². The first-order valence-corrected chi connectivity index (χ1v) is 6.17. The molecule has 0 saturated heterocycles. The number of aromatic nitrogens is 2. The summed E-state index contributed by atoms with van der Waals surface area (Å²) in [5.41, 5.74) is 1.95. The molecule has 3 N–H and O–H groups in total. The number of H-pyrrole nitrogens is 1. The van der Waals surface area contributed by atoms with E-state index in [2.05, 4.69) is 15.3 Å². The second kappa shape index (κ2) is 6.01. The molecule has 20 heavy (non-hydrogen) atoms. The van der Waals surface area contributed by atoms with Crippen LogP contribution in [0.25, 0.3) is 0 Å². The quantitative estimate of drug-likeness (QED) is 0.778. The number of imidazole rings is 1. The lowest BCUT2D eigenvalue weighted by molar-refractivity contribution is -0.137. The fourth-order valence-corrected chi connectivity index (χ4v) is 1.85. The average Bonchev–Trinajstić information content (AvgIpc) is 2.92. The number of benzene rings is 1. The van der Waals surface area contributed by atoms with E-state index >= 15 is 0 Å². The van der Waals surface area contributed by atoms with E-state index < -0.39 is 5.97 Å². The number of carbonyl (C=O) groups excluding carboxylic acids is 1. The van der Waals surface area contributed by atoms with Crippen molar-refractivity contribution in [2.45, 2.75) is 19.3 Å². The third-order valence-corrected chi connectivity index (χ3v) is 2.96. The first kappa shape index (κ1) is 13.8. The monoisotopic (exact) mass is 273 g/mol. The summed E-state index contributed by atoms with van der Waals surface area (Å²) in [7, 11) is 0. The van der Waals surface area contributed by atoms with Crippen molar-refractivity contribution in [2.75, 3.05) is 5.32 Å². The molecule has 0 aliphatic heterocycles. The Hall–Kier alpha value is -2.63. The van der Waals surface area contributed by atoms with Crippen molar-refractivity contribution in [1.29, 1.82) is 0 Å². The number of rotatable bonds is 5. The molecule has 1 aromatic carbocycles. The van der Waals surface area contributed by atoms with Crippen LogP contribution in [-0.4, -0.2) is 27.0 Å². The van der Waals surface area contributed by atoms with E-state index in [-0.39, 0.29) is 18.2 Å². The van der Waals surface area contributed by atoms with E-state index in [1.165, 1.54) is 12.5 Å². The van der Waals surface area contributed by atoms with E-state index in [0.29, 0.717) is 11.4 Å². The molecule has 6 nitrogen and oxygen atoms in total. The molecular weight excluding hydrogens is 258 g/mol. The zero-order valence-electron chi connectivity index (χ0n) is 11.0. The molecule has 1 unspecified atom stereocenters. The van der Waals surface area contributed by atoms with Crippen LogP contribution in [0.4, 0.5) is 5.69 Å². The lowest BCUT2D eigenvalue weighted by Gasteiger charge is -2.10. The van der Waals surface area contributed by atoms with Crippen molar-refractivity contribution in [3.05, 3.63) is 48.0 Å². The summed E-state index contributed by atoms with van der Waals surface area (Å²) in [6.07, 6.45) is 2.96. The van der Waals surface area contributed by atoms with E-state index in [4.69, 9.17) is 5.11 Å². The minimum atomic E-state index is -0.825. The van der Waals surface area contributed by atoms with Crippen molar-refractivity contribution in [1.82, 2.24) is 9.97 Å². The van der Waals surface area contributed by atoms with Crippen LogP contribution in [0.2, 0.25) is 0 Å². The molecule has 0 bridgehead atoms. The maximum absolute atomic E-state index is 11.8. The van der Waals surface area contributed by atoms with Crippen molar-refractivity contribution in [3.8, 4) is 0 Å². The second-order valence-electron chi connectivity index (χ2n) is 4.54. The number of carboxylic acids is 1. The van der Waals surface area contributed by atoms with Crippen LogP contribution in [0.3, 0.4) is 0 Å². The number of nitrogens with zero attached hydrogens (tertiary/aromatic N) is 1. The summed E-state index contributed by atoms with van der Waals surface area (Å²) in [6, 6.07) is 7.14. The molecule has 1 atom stereocenters. The van der Waals surface area contributed by atoms with Crippen LogP contribution in [-0.2, 0) is 4.79 Å². The van der Waals surface area contributed by atoms with Gasteiger partial charge in [0.2, 0.25) is 0 Å². The summed E-state index contributed by atoms with van der Waals surface area (Å²) in [5, 5.41) is 11.5. The molecular formula is C14H15N3O3. The van der Waals surface area contributed by atoms with Crippen LogP contribution in [0.1, 0.15) is 35.3 Å². The number of amides is 1. The van der Waals surface area contributed by atoms with Gasteiger partial charge < -0.3 is 15.4 Å². The first-order chi connectivity index (χ1) is 9.56. The van der Waals surface area contributed by atoms with Crippen molar-refractivity contribution in [2.24, 2.45) is 0 Å². The molecule has 0 aliphatic rings. The molecule has 6 heteroatoms. The lowest BCUT2D eigenvalue weighted by atomic mass is 9.98. The van der Waals surface area contributed by atoms with Gasteiger partial charge in [0.05, 0.1) is 18.9 Å². The Morgan fingerprint density at radius 2 is 2.05 bits per heavy atom. The van der Waals surface area contributed by atoms with Gasteiger partial charge in [-0.25, -0.2) is 4.98 Å². The molecule has 0 fully saturated rings. The number of carboxylic acid groups (broad SMARTS) is 1. The van der Waals surface area contributed by atoms with Crippen LogP contribution in [0.5, 0.6) is 0 Å². The highest BCUT2D eigenvalue weighted by Gasteiger charge is 2.11. The number of aromatic amines is 1. The van der Waals surface area contributed by atoms with Crippen LogP contribution in [0, 0.1) is 0 Å². The molecule has 1 aromatic heterocycles. The average molecular weight is 273 g/mol. The summed E-state index contributed by atoms with van der Waals surface area (Å²) in [5.74, 6) is -1.16. The molecule has 0 radical (unpaired) electrons. The minimum Gasteiger partial charge on any atom is -0.481 e. The molecule has 2 rings (SSSR count). The van der Waals surface area contributed by atoms with Gasteiger partial charge in [0.25, 0.3) is 5.91 Å². The summed E-state index contributed by atoms with van der Waals surface area (Å²) >= 11 is 0. The Balaban J connectivity index is 2.01. The van der Waals surface area contributed by atoms with Gasteiger partial charge in [0, 0.05) is 5.69 Å². The molecule has 1 heterocycles. The standard InChI is InChI=1S/C14H15N3O3/c1-9(6-13(18)19)10-2-4-11(5-3-10)17-14(20)12-7-15-8-16-12/h2-5,7-9H,6H2,1H3,(H,15,16)(H,17,20)(H,18,19). The summed E-state index contributed by atoms with van der Waals surface area (Å²) < 4.78 is 0. The number of hydrogen-bond acceptors (Lipinski definition) is 3.